The van der Waals surface area contributed by atoms with Crippen LogP contribution in [0.3, 0.4) is 0 Å². The van der Waals surface area contributed by atoms with E-state index in [1.807, 2.05) is 48.5 Å². The van der Waals surface area contributed by atoms with Crippen LogP contribution >= 0.6 is 23.5 Å². The molecule has 4 nitrogen and oxygen atoms in total. The zero-order valence-electron chi connectivity index (χ0n) is 12.5. The molecule has 0 fully saturated rings. The standard InChI is InChI=1S/2C8H7N2S.Zn/c2*1-11-8-9-6-4-2-3-5-7(6)10-8;/h2*2-5H,1H2,(H,9,10);/q2*-1;+2. The van der Waals surface area contributed by atoms with Gasteiger partial charge in [-0.3, -0.25) is 36.0 Å². The molecule has 0 aliphatic carbocycles. The molecule has 0 aliphatic heterocycles. The molecule has 2 aromatic heterocycles. The molecule has 0 saturated carbocycles. The molecule has 23 heavy (non-hydrogen) atoms. The van der Waals surface area contributed by atoms with Crippen molar-refractivity contribution in [2.75, 3.05) is 0 Å². The fourth-order valence-electron chi connectivity index (χ4n) is 2.00. The van der Waals surface area contributed by atoms with Crippen molar-refractivity contribution in [2.24, 2.45) is 0 Å². The molecule has 0 radical (unpaired) electrons. The largest absolute Gasteiger partial charge is 2.00 e. The quantitative estimate of drug-likeness (QED) is 0.290. The van der Waals surface area contributed by atoms with Gasteiger partial charge in [0.25, 0.3) is 0 Å². The zero-order valence-corrected chi connectivity index (χ0v) is 17.1. The third kappa shape index (κ3) is 4.37. The van der Waals surface area contributed by atoms with Gasteiger partial charge in [-0.25, -0.2) is 9.97 Å². The Balaban J connectivity index is 0.000000160. The number of hydrogen-bond donors (Lipinski definition) is 2. The van der Waals surface area contributed by atoms with Crippen LogP contribution in [-0.2, 0) is 19.5 Å². The summed E-state index contributed by atoms with van der Waals surface area (Å²) in [5, 5.41) is 1.73. The van der Waals surface area contributed by atoms with Crippen LogP contribution in [0.15, 0.2) is 58.8 Å². The van der Waals surface area contributed by atoms with E-state index in [9.17, 15) is 0 Å². The van der Waals surface area contributed by atoms with Crippen molar-refractivity contribution in [3.63, 3.8) is 0 Å². The average molecular weight is 392 g/mol. The minimum absolute atomic E-state index is 0. The minimum atomic E-state index is 0. The number of nitrogens with one attached hydrogen (secondary N) is 2. The van der Waals surface area contributed by atoms with Gasteiger partial charge in [0.1, 0.15) is 10.3 Å². The van der Waals surface area contributed by atoms with E-state index >= 15 is 0 Å². The Hall–Kier alpha value is -1.30. The van der Waals surface area contributed by atoms with Gasteiger partial charge in [0.15, 0.2) is 0 Å². The molecule has 0 bridgehead atoms. The fraction of sp³-hybridized carbons (Fsp3) is 0. The van der Waals surface area contributed by atoms with E-state index in [2.05, 4.69) is 32.4 Å². The van der Waals surface area contributed by atoms with E-state index in [1.165, 1.54) is 23.5 Å². The molecule has 112 valence electrons. The number of H-pyrrole nitrogens is 2. The second-order valence-corrected chi connectivity index (χ2v) is 5.76. The monoisotopic (exact) mass is 390 g/mol. The molecule has 2 aromatic carbocycles. The summed E-state index contributed by atoms with van der Waals surface area (Å²) in [4.78, 5) is 14.8. The molecule has 2 N–H and O–H groups in total. The van der Waals surface area contributed by atoms with Crippen molar-refractivity contribution < 1.29 is 19.5 Å². The van der Waals surface area contributed by atoms with Gasteiger partial charge in [-0.2, -0.15) is 0 Å². The van der Waals surface area contributed by atoms with Crippen LogP contribution in [0.2, 0.25) is 0 Å². The van der Waals surface area contributed by atoms with Crippen LogP contribution in [-0.4, -0.2) is 19.9 Å². The number of rotatable bonds is 2. The molecule has 0 saturated heterocycles. The predicted octanol–water partition coefficient (Wildman–Crippen LogP) is 4.89. The van der Waals surface area contributed by atoms with Gasteiger partial charge >= 0.3 is 19.5 Å². The Bertz CT molecular complexity index is 748. The third-order valence-electron chi connectivity index (χ3n) is 3.01. The maximum atomic E-state index is 4.28. The van der Waals surface area contributed by atoms with Gasteiger partial charge in [-0.05, 0) is 24.3 Å². The van der Waals surface area contributed by atoms with Crippen LogP contribution in [0, 0.1) is 12.5 Å². The molecule has 4 aromatic rings. The Labute approximate surface area is 156 Å². The number of hydrogen-bond acceptors (Lipinski definition) is 4. The summed E-state index contributed by atoms with van der Waals surface area (Å²) in [7, 11) is 0. The third-order valence-corrected chi connectivity index (χ3v) is 3.94. The number of thioether (sulfide) groups is 2. The van der Waals surface area contributed by atoms with E-state index in [1.54, 1.807) is 0 Å². The van der Waals surface area contributed by atoms with Crippen LogP contribution in [0.5, 0.6) is 0 Å². The predicted molar refractivity (Wildman–Crippen MR) is 94.6 cm³/mol. The number of aromatic amines is 2. The number of aromatic nitrogens is 4. The first-order valence-corrected chi connectivity index (χ1v) is 8.51. The number of fused-ring (bicyclic) bond motifs is 2. The number of imidazole rings is 2. The first-order chi connectivity index (χ1) is 10.8. The van der Waals surface area contributed by atoms with Crippen LogP contribution in [0.1, 0.15) is 0 Å². The summed E-state index contributed by atoms with van der Waals surface area (Å²) < 4.78 is 0. The van der Waals surface area contributed by atoms with Crippen LogP contribution in [0.25, 0.3) is 22.1 Å². The molecule has 7 heteroatoms. The van der Waals surface area contributed by atoms with Crippen molar-refractivity contribution in [3.05, 3.63) is 61.0 Å². The molecular weight excluding hydrogens is 378 g/mol. The minimum Gasteiger partial charge on any atom is -0.335 e. The normalized spacial score (nSPS) is 10.2. The summed E-state index contributed by atoms with van der Waals surface area (Å²) in [5.41, 5.74) is 4.13. The SMILES string of the molecule is [CH2-]Sc1nc2ccccc2[nH]1.[CH2-]Sc1nc2ccccc2[nH]1.[Zn+2]. The first-order valence-electron chi connectivity index (χ1n) is 6.53. The Kier molecular flexibility index (Phi) is 6.69. The van der Waals surface area contributed by atoms with Gasteiger partial charge in [-0.15, -0.1) is 0 Å². The van der Waals surface area contributed by atoms with Gasteiger partial charge < -0.3 is 9.97 Å². The number of para-hydroxylation sites is 4. The van der Waals surface area contributed by atoms with Crippen LogP contribution in [0.4, 0.5) is 0 Å². The van der Waals surface area contributed by atoms with Crippen molar-refractivity contribution >= 4 is 45.6 Å². The molecule has 2 heterocycles. The molecule has 0 unspecified atom stereocenters. The second kappa shape index (κ2) is 8.53. The van der Waals surface area contributed by atoms with E-state index < -0.39 is 0 Å². The second-order valence-electron chi connectivity index (χ2n) is 4.41. The maximum absolute atomic E-state index is 4.28. The number of benzene rings is 2. The van der Waals surface area contributed by atoms with Crippen molar-refractivity contribution in [2.45, 2.75) is 10.3 Å². The van der Waals surface area contributed by atoms with Gasteiger partial charge in [-0.1, -0.05) is 24.3 Å². The zero-order chi connectivity index (χ0) is 15.4. The van der Waals surface area contributed by atoms with Crippen molar-refractivity contribution in [1.29, 1.82) is 0 Å². The Morgan fingerprint density at radius 1 is 0.696 bits per heavy atom. The molecule has 4 rings (SSSR count). The summed E-state index contributed by atoms with van der Waals surface area (Å²) in [6, 6.07) is 15.9. The molecular formula is C16H14N4S2Zn. The van der Waals surface area contributed by atoms with E-state index in [4.69, 9.17) is 0 Å². The number of nitrogens with zero attached hydrogens (tertiary/aromatic N) is 2. The average Bonchev–Trinajstić information content (AvgIpc) is 3.18. The van der Waals surface area contributed by atoms with Gasteiger partial charge in [0.05, 0.1) is 22.1 Å². The van der Waals surface area contributed by atoms with Gasteiger partial charge in [0.2, 0.25) is 0 Å². The smallest absolute Gasteiger partial charge is 0.335 e. The van der Waals surface area contributed by atoms with Crippen molar-refractivity contribution in [1.82, 2.24) is 19.9 Å². The molecule has 0 atom stereocenters. The summed E-state index contributed by atoms with van der Waals surface area (Å²) in [6.07, 6.45) is 7.35. The van der Waals surface area contributed by atoms with Crippen molar-refractivity contribution in [3.8, 4) is 0 Å². The first kappa shape index (κ1) is 18.0. The Morgan fingerprint density at radius 3 is 1.43 bits per heavy atom. The van der Waals surface area contributed by atoms with E-state index in [0.29, 0.717) is 0 Å². The molecule has 0 amide bonds. The van der Waals surface area contributed by atoms with Gasteiger partial charge in [0, 0.05) is 0 Å². The summed E-state index contributed by atoms with van der Waals surface area (Å²) in [5.74, 6) is 0. The Morgan fingerprint density at radius 2 is 1.09 bits per heavy atom. The maximum Gasteiger partial charge on any atom is 2.00 e. The van der Waals surface area contributed by atoms with E-state index in [-0.39, 0.29) is 19.5 Å². The van der Waals surface area contributed by atoms with E-state index in [0.717, 1.165) is 32.4 Å². The molecule has 0 spiro atoms. The summed E-state index contributed by atoms with van der Waals surface area (Å²) >= 11 is 2.76. The fourth-order valence-corrected chi connectivity index (χ4v) is 2.69. The molecule has 0 aliphatic rings. The summed E-state index contributed by atoms with van der Waals surface area (Å²) in [6.45, 7) is 0. The van der Waals surface area contributed by atoms with Crippen LogP contribution < -0.4 is 0 Å². The topological polar surface area (TPSA) is 57.4 Å².